The van der Waals surface area contributed by atoms with Crippen LogP contribution in [0.25, 0.3) is 0 Å². The van der Waals surface area contributed by atoms with Crippen LogP contribution < -0.4 is 0 Å². The third-order valence-electron chi connectivity index (χ3n) is 2.66. The van der Waals surface area contributed by atoms with Crippen LogP contribution in [0.15, 0.2) is 0 Å². The lowest BCUT2D eigenvalue weighted by atomic mass is 10.0. The highest BCUT2D eigenvalue weighted by Gasteiger charge is 2.66. The van der Waals surface area contributed by atoms with Gasteiger partial charge >= 0.3 is 5.97 Å². The monoisotopic (exact) mass is 238 g/mol. The van der Waals surface area contributed by atoms with Crippen molar-refractivity contribution in [3.63, 3.8) is 0 Å². The fraction of sp³-hybridized carbons (Fsp3) is 0.750. The van der Waals surface area contributed by atoms with E-state index in [1.54, 1.807) is 34.9 Å². The van der Waals surface area contributed by atoms with Gasteiger partial charge in [0.15, 0.2) is 5.41 Å². The van der Waals surface area contributed by atoms with E-state index in [-0.39, 0.29) is 12.3 Å². The van der Waals surface area contributed by atoms with Crippen LogP contribution >= 0.6 is 0 Å². The van der Waals surface area contributed by atoms with Gasteiger partial charge in [0.05, 0.1) is 12.0 Å². The van der Waals surface area contributed by atoms with Crippen molar-refractivity contribution in [3.05, 3.63) is 0 Å². The number of esters is 1. The molecule has 1 aliphatic rings. The molecule has 5 nitrogen and oxygen atoms in total. The fourth-order valence-electron chi connectivity index (χ4n) is 1.64. The van der Waals surface area contributed by atoms with Crippen molar-refractivity contribution in [3.8, 4) is 6.07 Å². The van der Waals surface area contributed by atoms with Gasteiger partial charge in [-0.1, -0.05) is 0 Å². The van der Waals surface area contributed by atoms with Crippen LogP contribution in [0.4, 0.5) is 0 Å². The van der Waals surface area contributed by atoms with E-state index < -0.39 is 22.9 Å². The van der Waals surface area contributed by atoms with Crippen molar-refractivity contribution in [1.29, 1.82) is 5.26 Å². The molecule has 1 rings (SSSR count). The number of amides is 1. The Labute approximate surface area is 101 Å². The van der Waals surface area contributed by atoms with Gasteiger partial charge in [0, 0.05) is 14.1 Å². The summed E-state index contributed by atoms with van der Waals surface area (Å²) < 4.78 is 5.18. The molecular formula is C12H18N2O3. The second-order valence-electron chi connectivity index (χ2n) is 5.57. The summed E-state index contributed by atoms with van der Waals surface area (Å²) >= 11 is 0. The second kappa shape index (κ2) is 4.02. The highest BCUT2D eigenvalue weighted by molar-refractivity contribution is 5.95. The first-order valence-corrected chi connectivity index (χ1v) is 5.50. The summed E-state index contributed by atoms with van der Waals surface area (Å²) in [6.07, 6.45) is 0.259. The molecule has 0 saturated heterocycles. The van der Waals surface area contributed by atoms with Gasteiger partial charge in [0.2, 0.25) is 5.91 Å². The summed E-state index contributed by atoms with van der Waals surface area (Å²) in [4.78, 5) is 25.0. The highest BCUT2D eigenvalue weighted by Crippen LogP contribution is 2.54. The summed E-state index contributed by atoms with van der Waals surface area (Å²) in [6, 6.07) is 1.94. The highest BCUT2D eigenvalue weighted by atomic mass is 16.6. The van der Waals surface area contributed by atoms with Crippen molar-refractivity contribution < 1.29 is 14.3 Å². The number of rotatable bonds is 2. The fourth-order valence-corrected chi connectivity index (χ4v) is 1.64. The van der Waals surface area contributed by atoms with Gasteiger partial charge in [0.1, 0.15) is 5.60 Å². The summed E-state index contributed by atoms with van der Waals surface area (Å²) in [6.45, 7) is 5.21. The quantitative estimate of drug-likeness (QED) is 0.671. The zero-order valence-corrected chi connectivity index (χ0v) is 10.9. The molecule has 0 heterocycles. The zero-order chi connectivity index (χ0) is 13.4. The number of nitrogens with zero attached hydrogens (tertiary/aromatic N) is 2. The Morgan fingerprint density at radius 2 is 1.94 bits per heavy atom. The van der Waals surface area contributed by atoms with Gasteiger partial charge in [-0.15, -0.1) is 0 Å². The lowest BCUT2D eigenvalue weighted by Crippen LogP contribution is -2.33. The van der Waals surface area contributed by atoms with E-state index in [0.717, 1.165) is 0 Å². The van der Waals surface area contributed by atoms with Gasteiger partial charge in [-0.2, -0.15) is 5.26 Å². The Morgan fingerprint density at radius 1 is 1.41 bits per heavy atom. The minimum atomic E-state index is -1.27. The molecule has 1 fully saturated rings. The molecule has 17 heavy (non-hydrogen) atoms. The first-order chi connectivity index (χ1) is 7.64. The molecular weight excluding hydrogens is 220 g/mol. The van der Waals surface area contributed by atoms with Crippen LogP contribution in [-0.4, -0.2) is 36.5 Å². The average Bonchev–Trinajstić information content (AvgIpc) is 2.89. The zero-order valence-electron chi connectivity index (χ0n) is 10.9. The number of ether oxygens (including phenoxy) is 1. The largest absolute Gasteiger partial charge is 0.459 e. The number of carbonyl (C=O) groups is 2. The van der Waals surface area contributed by atoms with Crippen molar-refractivity contribution in [1.82, 2.24) is 4.90 Å². The standard InChI is InChI=1S/C12H18N2O3/c1-11(2,3)17-10(16)12(7-13)6-8(12)9(15)14(4)5/h8H,6H2,1-5H3. The molecule has 0 bridgehead atoms. The van der Waals surface area contributed by atoms with Crippen LogP contribution in [0, 0.1) is 22.7 Å². The first-order valence-electron chi connectivity index (χ1n) is 5.50. The Balaban J connectivity index is 2.80. The predicted octanol–water partition coefficient (Wildman–Crippen LogP) is 0.946. The Kier molecular flexibility index (Phi) is 3.19. The Bertz CT molecular complexity index is 390. The number of hydrogen-bond acceptors (Lipinski definition) is 4. The first kappa shape index (κ1) is 13.5. The SMILES string of the molecule is CN(C)C(=O)C1CC1(C#N)C(=O)OC(C)(C)C. The van der Waals surface area contributed by atoms with E-state index in [1.807, 2.05) is 6.07 Å². The third-order valence-corrected chi connectivity index (χ3v) is 2.66. The molecule has 1 amide bonds. The summed E-state index contributed by atoms with van der Waals surface area (Å²) in [5.41, 5.74) is -1.91. The van der Waals surface area contributed by atoms with Gasteiger partial charge in [0.25, 0.3) is 0 Å². The maximum atomic E-state index is 11.9. The van der Waals surface area contributed by atoms with Gasteiger partial charge in [-0.25, -0.2) is 0 Å². The minimum absolute atomic E-state index is 0.197. The van der Waals surface area contributed by atoms with E-state index in [0.29, 0.717) is 0 Å². The van der Waals surface area contributed by atoms with Crippen LogP contribution in [0.3, 0.4) is 0 Å². The second-order valence-corrected chi connectivity index (χ2v) is 5.57. The molecule has 0 radical (unpaired) electrons. The average molecular weight is 238 g/mol. The lowest BCUT2D eigenvalue weighted by molar-refractivity contribution is -0.161. The molecule has 2 atom stereocenters. The number of carbonyl (C=O) groups excluding carboxylic acids is 2. The van der Waals surface area contributed by atoms with Crippen LogP contribution in [0.5, 0.6) is 0 Å². The molecule has 2 unspecified atom stereocenters. The molecule has 0 spiro atoms. The smallest absolute Gasteiger partial charge is 0.327 e. The summed E-state index contributed by atoms with van der Waals surface area (Å²) in [7, 11) is 3.22. The number of hydrogen-bond donors (Lipinski definition) is 0. The van der Waals surface area contributed by atoms with Crippen molar-refractivity contribution >= 4 is 11.9 Å². The number of nitriles is 1. The maximum Gasteiger partial charge on any atom is 0.327 e. The molecule has 1 saturated carbocycles. The van der Waals surface area contributed by atoms with Gasteiger partial charge in [-0.05, 0) is 27.2 Å². The lowest BCUT2D eigenvalue weighted by Gasteiger charge is -2.21. The molecule has 0 aliphatic heterocycles. The maximum absolute atomic E-state index is 11.9. The summed E-state index contributed by atoms with van der Waals surface area (Å²) in [5, 5.41) is 9.10. The molecule has 94 valence electrons. The molecule has 0 aromatic rings. The van der Waals surface area contributed by atoms with Crippen molar-refractivity contribution in [2.24, 2.45) is 11.3 Å². The molecule has 0 aromatic heterocycles. The van der Waals surface area contributed by atoms with E-state index in [2.05, 4.69) is 0 Å². The molecule has 0 aromatic carbocycles. The van der Waals surface area contributed by atoms with E-state index in [9.17, 15) is 9.59 Å². The van der Waals surface area contributed by atoms with Gasteiger partial charge < -0.3 is 9.64 Å². The Hall–Kier alpha value is -1.57. The van der Waals surface area contributed by atoms with Gasteiger partial charge in [-0.3, -0.25) is 9.59 Å². The molecule has 0 N–H and O–H groups in total. The van der Waals surface area contributed by atoms with E-state index >= 15 is 0 Å². The van der Waals surface area contributed by atoms with Crippen LogP contribution in [0.1, 0.15) is 27.2 Å². The van der Waals surface area contributed by atoms with Crippen molar-refractivity contribution in [2.75, 3.05) is 14.1 Å². The van der Waals surface area contributed by atoms with E-state index in [1.165, 1.54) is 4.90 Å². The minimum Gasteiger partial charge on any atom is -0.459 e. The topological polar surface area (TPSA) is 70.4 Å². The molecule has 5 heteroatoms. The van der Waals surface area contributed by atoms with Crippen LogP contribution in [0.2, 0.25) is 0 Å². The normalized spacial score (nSPS) is 26.9. The Morgan fingerprint density at radius 3 is 2.29 bits per heavy atom. The summed E-state index contributed by atoms with van der Waals surface area (Å²) in [5.74, 6) is -1.34. The predicted molar refractivity (Wildman–Crippen MR) is 60.7 cm³/mol. The van der Waals surface area contributed by atoms with E-state index in [4.69, 9.17) is 10.00 Å². The van der Waals surface area contributed by atoms with Crippen LogP contribution in [-0.2, 0) is 14.3 Å². The molecule has 1 aliphatic carbocycles. The third kappa shape index (κ3) is 2.57. The van der Waals surface area contributed by atoms with Crippen molar-refractivity contribution in [2.45, 2.75) is 32.8 Å².